The third-order valence-electron chi connectivity index (χ3n) is 1.95. The molecule has 0 saturated carbocycles. The van der Waals surface area contributed by atoms with Crippen molar-refractivity contribution in [2.24, 2.45) is 0 Å². The Morgan fingerprint density at radius 2 is 1.79 bits per heavy atom. The van der Waals surface area contributed by atoms with E-state index >= 15 is 0 Å². The largest absolute Gasteiger partial charge is 0.433 e. The maximum Gasteiger partial charge on any atom is 0.349 e. The van der Waals surface area contributed by atoms with Gasteiger partial charge in [0.1, 0.15) is 11.9 Å². The molecule has 2 rings (SSSR count). The SMILES string of the molecule is O=[N+]([O-])c1cnc(Cl)nc1Oc1cc(Cl)cc(Cl)c1. The summed E-state index contributed by atoms with van der Waals surface area (Å²) in [5.41, 5.74) is -0.416. The molecule has 1 aromatic heterocycles. The minimum absolute atomic E-state index is 0.172. The van der Waals surface area contributed by atoms with Crippen LogP contribution in [0.4, 0.5) is 5.69 Å². The van der Waals surface area contributed by atoms with E-state index in [1.807, 2.05) is 0 Å². The van der Waals surface area contributed by atoms with Crippen molar-refractivity contribution in [3.63, 3.8) is 0 Å². The molecular formula is C10H4Cl3N3O3. The van der Waals surface area contributed by atoms with Gasteiger partial charge in [0.2, 0.25) is 5.28 Å². The summed E-state index contributed by atoms with van der Waals surface area (Å²) in [6.07, 6.45) is 0.955. The highest BCUT2D eigenvalue weighted by Crippen LogP contribution is 2.32. The standard InChI is InChI=1S/C10H4Cl3N3O3/c11-5-1-6(12)3-7(2-5)19-9-8(16(17)18)4-14-10(13)15-9/h1-4H. The molecule has 0 spiro atoms. The molecule has 9 heteroatoms. The highest BCUT2D eigenvalue weighted by Gasteiger charge is 2.19. The van der Waals surface area contributed by atoms with Crippen LogP contribution in [-0.2, 0) is 0 Å². The van der Waals surface area contributed by atoms with E-state index in [0.29, 0.717) is 10.0 Å². The van der Waals surface area contributed by atoms with E-state index in [9.17, 15) is 10.1 Å². The van der Waals surface area contributed by atoms with Crippen LogP contribution in [0.3, 0.4) is 0 Å². The summed E-state index contributed by atoms with van der Waals surface area (Å²) in [5, 5.41) is 11.3. The quantitative estimate of drug-likeness (QED) is 0.482. The molecule has 0 radical (unpaired) electrons. The fourth-order valence-electron chi connectivity index (χ4n) is 1.24. The van der Waals surface area contributed by atoms with Crippen molar-refractivity contribution in [2.45, 2.75) is 0 Å². The molecule has 0 bridgehead atoms. The predicted molar refractivity (Wildman–Crippen MR) is 70.2 cm³/mol. The second-order valence-corrected chi connectivity index (χ2v) is 4.50. The monoisotopic (exact) mass is 319 g/mol. The lowest BCUT2D eigenvalue weighted by Crippen LogP contribution is -1.97. The van der Waals surface area contributed by atoms with Crippen molar-refractivity contribution < 1.29 is 9.66 Å². The zero-order valence-corrected chi connectivity index (χ0v) is 11.3. The minimum Gasteiger partial charge on any atom is -0.433 e. The molecule has 0 N–H and O–H groups in total. The summed E-state index contributed by atoms with van der Waals surface area (Å²) in [6, 6.07) is 4.37. The zero-order valence-electron chi connectivity index (χ0n) is 9.01. The van der Waals surface area contributed by atoms with Gasteiger partial charge >= 0.3 is 11.6 Å². The van der Waals surface area contributed by atoms with Gasteiger partial charge in [0, 0.05) is 10.0 Å². The van der Waals surface area contributed by atoms with Crippen LogP contribution in [0.5, 0.6) is 11.6 Å². The number of ether oxygens (including phenoxy) is 1. The molecule has 0 aliphatic heterocycles. The number of nitrogens with zero attached hydrogens (tertiary/aromatic N) is 3. The van der Waals surface area contributed by atoms with Crippen molar-refractivity contribution in [1.29, 1.82) is 0 Å². The van der Waals surface area contributed by atoms with Crippen LogP contribution in [0.1, 0.15) is 0 Å². The van der Waals surface area contributed by atoms with E-state index in [0.717, 1.165) is 6.20 Å². The summed E-state index contributed by atoms with van der Waals surface area (Å²) in [6.45, 7) is 0. The van der Waals surface area contributed by atoms with E-state index in [-0.39, 0.29) is 16.9 Å². The lowest BCUT2D eigenvalue weighted by molar-refractivity contribution is -0.386. The predicted octanol–water partition coefficient (Wildman–Crippen LogP) is 4.14. The van der Waals surface area contributed by atoms with Gasteiger partial charge in [-0.25, -0.2) is 4.98 Å². The number of nitro groups is 1. The van der Waals surface area contributed by atoms with E-state index < -0.39 is 10.6 Å². The van der Waals surface area contributed by atoms with Gasteiger partial charge in [-0.05, 0) is 29.8 Å². The van der Waals surface area contributed by atoms with Gasteiger partial charge in [0.15, 0.2) is 0 Å². The Morgan fingerprint density at radius 1 is 1.16 bits per heavy atom. The lowest BCUT2D eigenvalue weighted by atomic mass is 10.3. The first kappa shape index (κ1) is 13.8. The van der Waals surface area contributed by atoms with Crippen LogP contribution in [-0.4, -0.2) is 14.9 Å². The average Bonchev–Trinajstić information content (AvgIpc) is 2.26. The second-order valence-electron chi connectivity index (χ2n) is 3.29. The fraction of sp³-hybridized carbons (Fsp3) is 0. The highest BCUT2D eigenvalue weighted by atomic mass is 35.5. The molecule has 0 aliphatic carbocycles. The molecule has 0 unspecified atom stereocenters. The van der Waals surface area contributed by atoms with Gasteiger partial charge in [-0.2, -0.15) is 4.98 Å². The van der Waals surface area contributed by atoms with Crippen LogP contribution in [0, 0.1) is 10.1 Å². The van der Waals surface area contributed by atoms with Gasteiger partial charge < -0.3 is 4.74 Å². The van der Waals surface area contributed by atoms with Crippen LogP contribution < -0.4 is 4.74 Å². The normalized spacial score (nSPS) is 10.3. The number of rotatable bonds is 3. The molecule has 98 valence electrons. The molecule has 0 saturated heterocycles. The van der Waals surface area contributed by atoms with Gasteiger partial charge in [0.25, 0.3) is 0 Å². The average molecular weight is 321 g/mol. The van der Waals surface area contributed by atoms with E-state index in [1.165, 1.54) is 18.2 Å². The first-order valence-electron chi connectivity index (χ1n) is 4.76. The Hall–Kier alpha value is -1.63. The summed E-state index contributed by atoms with van der Waals surface area (Å²) in [7, 11) is 0. The summed E-state index contributed by atoms with van der Waals surface area (Å²) < 4.78 is 5.27. The molecule has 1 heterocycles. The summed E-state index contributed by atoms with van der Waals surface area (Å²) in [5.74, 6) is -0.0845. The Morgan fingerprint density at radius 3 is 2.37 bits per heavy atom. The molecule has 1 aromatic carbocycles. The Labute approximate surface area is 122 Å². The summed E-state index contributed by atoms with van der Waals surface area (Å²) in [4.78, 5) is 17.3. The Bertz CT molecular complexity index is 631. The summed E-state index contributed by atoms with van der Waals surface area (Å²) >= 11 is 17.2. The molecule has 6 nitrogen and oxygen atoms in total. The molecule has 0 aliphatic rings. The maximum atomic E-state index is 10.8. The Balaban J connectivity index is 2.42. The third-order valence-corrected chi connectivity index (χ3v) is 2.57. The van der Waals surface area contributed by atoms with Crippen molar-refractivity contribution >= 4 is 40.5 Å². The lowest BCUT2D eigenvalue weighted by Gasteiger charge is -2.06. The molecule has 19 heavy (non-hydrogen) atoms. The van der Waals surface area contributed by atoms with Crippen molar-refractivity contribution in [3.8, 4) is 11.6 Å². The zero-order chi connectivity index (χ0) is 14.0. The van der Waals surface area contributed by atoms with Crippen molar-refractivity contribution in [3.05, 3.63) is 49.8 Å². The maximum absolute atomic E-state index is 10.8. The van der Waals surface area contributed by atoms with Crippen LogP contribution in [0.15, 0.2) is 24.4 Å². The van der Waals surface area contributed by atoms with E-state index in [1.54, 1.807) is 0 Å². The van der Waals surface area contributed by atoms with Gasteiger partial charge in [-0.15, -0.1) is 0 Å². The van der Waals surface area contributed by atoms with Crippen LogP contribution in [0.2, 0.25) is 15.3 Å². The molecule has 0 atom stereocenters. The third kappa shape index (κ3) is 3.44. The first-order valence-corrected chi connectivity index (χ1v) is 5.90. The molecule has 2 aromatic rings. The molecule has 0 amide bonds. The number of halogens is 3. The van der Waals surface area contributed by atoms with E-state index in [2.05, 4.69) is 9.97 Å². The van der Waals surface area contributed by atoms with Crippen LogP contribution >= 0.6 is 34.8 Å². The minimum atomic E-state index is -0.683. The molecular weight excluding hydrogens is 316 g/mol. The number of aromatic nitrogens is 2. The second kappa shape index (κ2) is 5.56. The van der Waals surface area contributed by atoms with Crippen molar-refractivity contribution in [1.82, 2.24) is 9.97 Å². The highest BCUT2D eigenvalue weighted by molar-refractivity contribution is 6.34. The van der Waals surface area contributed by atoms with Crippen LogP contribution in [0.25, 0.3) is 0 Å². The Kier molecular flexibility index (Phi) is 4.04. The smallest absolute Gasteiger partial charge is 0.349 e. The number of hydrogen-bond acceptors (Lipinski definition) is 5. The van der Waals surface area contributed by atoms with Gasteiger partial charge in [0.05, 0.1) is 4.92 Å². The first-order chi connectivity index (χ1) is 8.95. The van der Waals surface area contributed by atoms with Gasteiger partial charge in [-0.3, -0.25) is 10.1 Å². The van der Waals surface area contributed by atoms with Gasteiger partial charge in [-0.1, -0.05) is 23.2 Å². The topological polar surface area (TPSA) is 78.2 Å². The fourth-order valence-corrected chi connectivity index (χ4v) is 1.87. The molecule has 0 fully saturated rings. The number of benzene rings is 1. The van der Waals surface area contributed by atoms with E-state index in [4.69, 9.17) is 39.5 Å². The number of hydrogen-bond donors (Lipinski definition) is 0. The van der Waals surface area contributed by atoms with Crippen molar-refractivity contribution in [2.75, 3.05) is 0 Å².